The monoisotopic (exact) mass is 119 g/mol. The van der Waals surface area contributed by atoms with Crippen LogP contribution in [-0.2, 0) is 0 Å². The average molecular weight is 119 g/mol. The highest BCUT2D eigenvalue weighted by Crippen LogP contribution is 2.03. The summed E-state index contributed by atoms with van der Waals surface area (Å²) in [6.07, 6.45) is 5.74. The molecule has 0 saturated carbocycles. The Kier molecular flexibility index (Phi) is 1.66. The van der Waals surface area contributed by atoms with Gasteiger partial charge in [0.1, 0.15) is 0 Å². The highest BCUT2D eigenvalue weighted by Gasteiger charge is 1.85. The van der Waals surface area contributed by atoms with E-state index in [0.29, 0.717) is 0 Å². The predicted molar refractivity (Wildman–Crippen MR) is 39.5 cm³/mol. The van der Waals surface area contributed by atoms with Crippen molar-refractivity contribution in [1.82, 2.24) is 0 Å². The van der Waals surface area contributed by atoms with Gasteiger partial charge in [-0.1, -0.05) is 6.08 Å². The Morgan fingerprint density at radius 2 is 2.11 bits per heavy atom. The van der Waals surface area contributed by atoms with Gasteiger partial charge >= 0.3 is 0 Å². The van der Waals surface area contributed by atoms with E-state index < -0.39 is 0 Å². The molecule has 1 aliphatic rings. The molecular weight excluding hydrogens is 110 g/mol. The fraction of sp³-hybridized carbons (Fsp3) is 0.250. The summed E-state index contributed by atoms with van der Waals surface area (Å²) < 4.78 is 0. The second-order valence-corrected chi connectivity index (χ2v) is 2.16. The third-order valence-corrected chi connectivity index (χ3v) is 1.09. The molecule has 0 atom stereocenters. The van der Waals surface area contributed by atoms with E-state index in [1.807, 2.05) is 19.9 Å². The number of rotatable bonds is 0. The predicted octanol–water partition coefficient (Wildman–Crippen LogP) is 2.08. The van der Waals surface area contributed by atoms with E-state index in [0.717, 1.165) is 0 Å². The van der Waals surface area contributed by atoms with Crippen molar-refractivity contribution in [3.8, 4) is 0 Å². The molecule has 1 heterocycles. The summed E-state index contributed by atoms with van der Waals surface area (Å²) in [5, 5.41) is 0. The van der Waals surface area contributed by atoms with Crippen molar-refractivity contribution < 1.29 is 0 Å². The van der Waals surface area contributed by atoms with Crippen LogP contribution < -0.4 is 0 Å². The molecule has 0 aromatic rings. The van der Waals surface area contributed by atoms with Crippen molar-refractivity contribution in [3.05, 3.63) is 29.5 Å². The van der Waals surface area contributed by atoms with Crippen LogP contribution in [0.4, 0.5) is 0 Å². The highest BCUT2D eigenvalue weighted by atomic mass is 14.6. The molecule has 0 aromatic carbocycles. The Bertz CT molecular complexity index is 225. The Labute approximate surface area is 55.1 Å². The lowest BCUT2D eigenvalue weighted by Gasteiger charge is -1.86. The van der Waals surface area contributed by atoms with Crippen LogP contribution in [0, 0.1) is 0 Å². The van der Waals surface area contributed by atoms with E-state index in [2.05, 4.69) is 16.9 Å². The van der Waals surface area contributed by atoms with Crippen LogP contribution in [-0.4, -0.2) is 5.87 Å². The number of hydrogen-bond acceptors (Lipinski definition) is 1. The van der Waals surface area contributed by atoms with Gasteiger partial charge in [0.05, 0.1) is 0 Å². The molecule has 0 N–H and O–H groups in total. The lowest BCUT2D eigenvalue weighted by atomic mass is 10.2. The van der Waals surface area contributed by atoms with Crippen molar-refractivity contribution in [3.63, 3.8) is 0 Å². The molecular formula is C8H9N. The molecule has 0 unspecified atom stereocenters. The zero-order valence-electron chi connectivity index (χ0n) is 5.68. The number of aliphatic imine (C=N–C) groups is 1. The van der Waals surface area contributed by atoms with Crippen molar-refractivity contribution in [2.75, 3.05) is 0 Å². The molecule has 1 aliphatic heterocycles. The Balaban J connectivity index is 3.00. The maximum Gasteiger partial charge on any atom is 0.0397 e. The third kappa shape index (κ3) is 1.71. The van der Waals surface area contributed by atoms with E-state index >= 15 is 0 Å². The molecule has 0 aliphatic carbocycles. The van der Waals surface area contributed by atoms with E-state index in [-0.39, 0.29) is 0 Å². The van der Waals surface area contributed by atoms with Crippen LogP contribution in [0.2, 0.25) is 0 Å². The van der Waals surface area contributed by atoms with Gasteiger partial charge in [-0.15, -0.1) is 0 Å². The molecule has 1 rings (SSSR count). The normalized spacial score (nSPS) is 16.7. The van der Waals surface area contributed by atoms with Gasteiger partial charge < -0.3 is 0 Å². The second kappa shape index (κ2) is 2.47. The number of hydrogen-bond donors (Lipinski definition) is 0. The van der Waals surface area contributed by atoms with Crippen LogP contribution in [0.25, 0.3) is 0 Å². The molecule has 0 spiro atoms. The molecule has 1 nitrogen and oxygen atoms in total. The summed E-state index contributed by atoms with van der Waals surface area (Å²) in [4.78, 5) is 3.88. The van der Waals surface area contributed by atoms with Crippen LogP contribution in [0.15, 0.2) is 34.5 Å². The first kappa shape index (κ1) is 6.06. The lowest BCUT2D eigenvalue weighted by molar-refractivity contribution is 1.41. The van der Waals surface area contributed by atoms with Crippen LogP contribution >= 0.6 is 0 Å². The molecule has 0 amide bonds. The maximum atomic E-state index is 3.88. The number of nitrogens with zero attached hydrogens (tertiary/aromatic N) is 1. The number of allylic oxidation sites excluding steroid dienone is 4. The van der Waals surface area contributed by atoms with Gasteiger partial charge in [0.25, 0.3) is 0 Å². The summed E-state index contributed by atoms with van der Waals surface area (Å²) in [6.45, 7) is 4.05. The lowest BCUT2D eigenvalue weighted by Crippen LogP contribution is -1.68. The molecule has 0 fully saturated rings. The SMILES string of the molecule is CC1=CN=C=CC(C)=C1. The minimum atomic E-state index is 1.17. The van der Waals surface area contributed by atoms with Gasteiger partial charge in [0.2, 0.25) is 0 Å². The van der Waals surface area contributed by atoms with Crippen LogP contribution in [0.1, 0.15) is 13.8 Å². The Morgan fingerprint density at radius 3 is 2.89 bits per heavy atom. The molecule has 0 bridgehead atoms. The maximum absolute atomic E-state index is 3.88. The molecule has 9 heavy (non-hydrogen) atoms. The van der Waals surface area contributed by atoms with Crippen molar-refractivity contribution in [2.45, 2.75) is 13.8 Å². The smallest absolute Gasteiger partial charge is 0.0397 e. The van der Waals surface area contributed by atoms with Crippen molar-refractivity contribution in [2.24, 2.45) is 4.99 Å². The summed E-state index contributed by atoms with van der Waals surface area (Å²) >= 11 is 0. The average Bonchev–Trinajstić information content (AvgIpc) is 1.93. The van der Waals surface area contributed by atoms with Crippen LogP contribution in [0.5, 0.6) is 0 Å². The fourth-order valence-corrected chi connectivity index (χ4v) is 0.716. The first-order valence-corrected chi connectivity index (χ1v) is 2.93. The first-order valence-electron chi connectivity index (χ1n) is 2.93. The zero-order chi connectivity index (χ0) is 6.69. The largest absolute Gasteiger partial charge is 0.214 e. The van der Waals surface area contributed by atoms with E-state index in [1.54, 1.807) is 6.20 Å². The van der Waals surface area contributed by atoms with Crippen molar-refractivity contribution >= 4 is 5.87 Å². The Hall–Kier alpha value is -1.07. The summed E-state index contributed by atoms with van der Waals surface area (Å²) in [6, 6.07) is 0. The first-order chi connectivity index (χ1) is 4.29. The zero-order valence-corrected chi connectivity index (χ0v) is 5.68. The molecule has 46 valence electrons. The van der Waals surface area contributed by atoms with Gasteiger partial charge in [0, 0.05) is 12.3 Å². The van der Waals surface area contributed by atoms with Gasteiger partial charge in [-0.05, 0) is 30.9 Å². The topological polar surface area (TPSA) is 12.4 Å². The molecule has 0 radical (unpaired) electrons. The second-order valence-electron chi connectivity index (χ2n) is 2.16. The third-order valence-electron chi connectivity index (χ3n) is 1.09. The fourth-order valence-electron chi connectivity index (χ4n) is 0.716. The van der Waals surface area contributed by atoms with E-state index in [1.165, 1.54) is 11.1 Å². The molecule has 1 heteroatoms. The summed E-state index contributed by atoms with van der Waals surface area (Å²) in [5.74, 6) is 2.78. The van der Waals surface area contributed by atoms with Gasteiger partial charge in [-0.25, -0.2) is 4.99 Å². The molecule has 0 saturated heterocycles. The van der Waals surface area contributed by atoms with Crippen molar-refractivity contribution in [1.29, 1.82) is 0 Å². The van der Waals surface area contributed by atoms with Crippen LogP contribution in [0.3, 0.4) is 0 Å². The van der Waals surface area contributed by atoms with Gasteiger partial charge in [-0.3, -0.25) is 0 Å². The standard InChI is InChI=1S/C8H9N/c1-7-3-4-9-6-8(2)5-7/h3,5-6H,1-2H3. The molecule has 0 aromatic heterocycles. The highest BCUT2D eigenvalue weighted by molar-refractivity contribution is 5.60. The summed E-state index contributed by atoms with van der Waals surface area (Å²) in [7, 11) is 0. The van der Waals surface area contributed by atoms with E-state index in [4.69, 9.17) is 0 Å². The quantitative estimate of drug-likeness (QED) is 0.463. The Morgan fingerprint density at radius 1 is 1.33 bits per heavy atom. The van der Waals surface area contributed by atoms with E-state index in [9.17, 15) is 0 Å². The minimum Gasteiger partial charge on any atom is -0.214 e. The minimum absolute atomic E-state index is 1.17. The van der Waals surface area contributed by atoms with Gasteiger partial charge in [-0.2, -0.15) is 0 Å². The summed E-state index contributed by atoms with van der Waals surface area (Å²) in [5.41, 5.74) is 2.37. The van der Waals surface area contributed by atoms with Gasteiger partial charge in [0.15, 0.2) is 0 Å².